The number of anilines is 1. The molecule has 0 saturated carbocycles. The molecule has 0 spiro atoms. The second kappa shape index (κ2) is 9.56. The minimum Gasteiger partial charge on any atom is -0.351 e. The summed E-state index contributed by atoms with van der Waals surface area (Å²) in [6.07, 6.45) is 2.90. The molecule has 1 aromatic carbocycles. The number of hydrogen-bond acceptors (Lipinski definition) is 6. The third kappa shape index (κ3) is 4.52. The van der Waals surface area contributed by atoms with Crippen molar-refractivity contribution in [2.45, 2.75) is 38.3 Å². The van der Waals surface area contributed by atoms with Gasteiger partial charge in [0.2, 0.25) is 0 Å². The lowest BCUT2D eigenvalue weighted by Crippen LogP contribution is -2.58. The minimum absolute atomic E-state index is 0.0679. The van der Waals surface area contributed by atoms with Crippen LogP contribution in [0.1, 0.15) is 36.5 Å². The number of H-pyrrole nitrogens is 2. The van der Waals surface area contributed by atoms with Gasteiger partial charge in [-0.2, -0.15) is 0 Å². The van der Waals surface area contributed by atoms with Gasteiger partial charge in [0.25, 0.3) is 5.91 Å². The van der Waals surface area contributed by atoms with Gasteiger partial charge < -0.3 is 9.80 Å². The molecular weight excluding hydrogens is 477 g/mol. The van der Waals surface area contributed by atoms with Crippen LogP contribution >= 0.6 is 23.2 Å². The number of aromatic amines is 2. The molecular formula is C23H27Cl2N7O2. The summed E-state index contributed by atoms with van der Waals surface area (Å²) in [5.74, 6) is 0.671. The Hall–Kier alpha value is -2.62. The number of likely N-dealkylation sites (tertiary alicyclic amines) is 1. The topological polar surface area (TPSA) is 101 Å². The van der Waals surface area contributed by atoms with Crippen molar-refractivity contribution in [2.75, 3.05) is 37.6 Å². The van der Waals surface area contributed by atoms with Gasteiger partial charge in [-0.15, -0.1) is 0 Å². The molecule has 2 aromatic heterocycles. The van der Waals surface area contributed by atoms with Crippen LogP contribution in [0.15, 0.2) is 29.1 Å². The predicted octanol–water partition coefficient (Wildman–Crippen LogP) is 3.16. The Kier molecular flexibility index (Phi) is 6.50. The van der Waals surface area contributed by atoms with Crippen molar-refractivity contribution in [3.05, 3.63) is 50.5 Å². The van der Waals surface area contributed by atoms with E-state index in [1.807, 2.05) is 4.90 Å². The summed E-state index contributed by atoms with van der Waals surface area (Å²) in [6.45, 7) is 6.13. The Morgan fingerprint density at radius 1 is 1.03 bits per heavy atom. The van der Waals surface area contributed by atoms with Gasteiger partial charge in [0.1, 0.15) is 0 Å². The summed E-state index contributed by atoms with van der Waals surface area (Å²) in [7, 11) is 0. The van der Waals surface area contributed by atoms with E-state index in [4.69, 9.17) is 23.2 Å². The van der Waals surface area contributed by atoms with Gasteiger partial charge >= 0.3 is 5.69 Å². The van der Waals surface area contributed by atoms with Crippen LogP contribution in [-0.2, 0) is 0 Å². The maximum Gasteiger partial charge on any atom is 0.326 e. The first kappa shape index (κ1) is 23.1. The number of hydrogen-bond donors (Lipinski definition) is 2. The Morgan fingerprint density at radius 2 is 1.71 bits per heavy atom. The van der Waals surface area contributed by atoms with E-state index in [1.54, 1.807) is 24.3 Å². The molecule has 3 aromatic rings. The molecule has 1 atom stereocenters. The van der Waals surface area contributed by atoms with Gasteiger partial charge in [-0.25, -0.2) is 14.8 Å². The normalized spacial score (nSPS) is 20.3. The Labute approximate surface area is 207 Å². The Morgan fingerprint density at radius 3 is 2.38 bits per heavy atom. The number of nitrogens with one attached hydrogen (secondary N) is 2. The number of carbonyl (C=O) groups excluding carboxylic acids is 1. The highest BCUT2D eigenvalue weighted by atomic mass is 35.5. The number of imidazole rings is 1. The quantitative estimate of drug-likeness (QED) is 0.566. The largest absolute Gasteiger partial charge is 0.351 e. The van der Waals surface area contributed by atoms with Gasteiger partial charge in [0.15, 0.2) is 22.3 Å². The van der Waals surface area contributed by atoms with Crippen LogP contribution in [0.3, 0.4) is 0 Å². The summed E-state index contributed by atoms with van der Waals surface area (Å²) in [4.78, 5) is 45.2. The summed E-state index contributed by atoms with van der Waals surface area (Å²) < 4.78 is 0. The molecule has 2 aliphatic rings. The molecule has 0 radical (unpaired) electrons. The average molecular weight is 504 g/mol. The highest BCUT2D eigenvalue weighted by molar-refractivity contribution is 6.32. The molecule has 9 nitrogen and oxygen atoms in total. The third-order valence-corrected chi connectivity index (χ3v) is 7.42. The summed E-state index contributed by atoms with van der Waals surface area (Å²) in [6, 6.07) is 7.88. The van der Waals surface area contributed by atoms with Crippen LogP contribution in [0.25, 0.3) is 11.3 Å². The van der Waals surface area contributed by atoms with Crippen LogP contribution in [0.4, 0.5) is 5.82 Å². The number of carbonyl (C=O) groups is 1. The molecule has 4 heterocycles. The van der Waals surface area contributed by atoms with E-state index in [1.165, 1.54) is 0 Å². The number of amides is 1. The van der Waals surface area contributed by atoms with E-state index in [2.05, 4.69) is 36.7 Å². The number of piperidine rings is 1. The molecule has 0 unspecified atom stereocenters. The summed E-state index contributed by atoms with van der Waals surface area (Å²) >= 11 is 12.4. The van der Waals surface area contributed by atoms with Gasteiger partial charge in [0.05, 0.1) is 0 Å². The lowest BCUT2D eigenvalue weighted by atomic mass is 9.97. The first-order valence-corrected chi connectivity index (χ1v) is 12.4. The minimum atomic E-state index is -0.347. The molecule has 34 heavy (non-hydrogen) atoms. The van der Waals surface area contributed by atoms with Crippen molar-refractivity contribution in [3.63, 3.8) is 0 Å². The van der Waals surface area contributed by atoms with Crippen molar-refractivity contribution in [1.82, 2.24) is 29.7 Å². The van der Waals surface area contributed by atoms with Gasteiger partial charge in [-0.3, -0.25) is 19.7 Å². The number of rotatable bonds is 4. The summed E-state index contributed by atoms with van der Waals surface area (Å²) in [5, 5.41) is 0.925. The lowest BCUT2D eigenvalue weighted by Gasteiger charge is -2.47. The van der Waals surface area contributed by atoms with E-state index in [9.17, 15) is 9.59 Å². The van der Waals surface area contributed by atoms with Gasteiger partial charge in [-0.1, -0.05) is 30.1 Å². The van der Waals surface area contributed by atoms with E-state index in [-0.39, 0.29) is 11.6 Å². The molecule has 2 saturated heterocycles. The van der Waals surface area contributed by atoms with Gasteiger partial charge in [-0.05, 0) is 43.5 Å². The van der Waals surface area contributed by atoms with Crippen molar-refractivity contribution >= 4 is 46.2 Å². The van der Waals surface area contributed by atoms with E-state index in [0.717, 1.165) is 52.0 Å². The first-order chi connectivity index (χ1) is 16.4. The smallest absolute Gasteiger partial charge is 0.326 e. The molecule has 0 aliphatic carbocycles. The molecule has 180 valence electrons. The molecule has 2 fully saturated rings. The van der Waals surface area contributed by atoms with Crippen molar-refractivity contribution < 1.29 is 4.79 Å². The number of fused-ring (bicyclic) bond motifs is 1. The van der Waals surface area contributed by atoms with Crippen LogP contribution < -0.4 is 10.6 Å². The van der Waals surface area contributed by atoms with Crippen molar-refractivity contribution in [3.8, 4) is 0 Å². The molecule has 1 amide bonds. The number of halogens is 2. The standard InChI is InChI=1S/C23H27Cl2N7O2/c1-2-16-13-31(21-18(25)26-19-20(27-21)29-23(34)28-19)11-12-32(16)17-7-9-30(10-8-17)22(33)14-3-5-15(24)6-4-14/h3-6,16-17H,2,7-13H2,1H3,(H2,26,27,28,29,34)/t16-/m0/s1. The Balaban J connectivity index is 1.23. The highest BCUT2D eigenvalue weighted by Crippen LogP contribution is 2.29. The zero-order valence-electron chi connectivity index (χ0n) is 18.9. The van der Waals surface area contributed by atoms with Crippen LogP contribution in [0, 0.1) is 0 Å². The maximum absolute atomic E-state index is 12.9. The predicted molar refractivity (Wildman–Crippen MR) is 133 cm³/mol. The lowest BCUT2D eigenvalue weighted by molar-refractivity contribution is 0.0491. The number of benzene rings is 1. The van der Waals surface area contributed by atoms with Crippen LogP contribution in [-0.4, -0.2) is 80.5 Å². The molecule has 2 N–H and O–H groups in total. The Bertz CT molecular complexity index is 1230. The van der Waals surface area contributed by atoms with E-state index < -0.39 is 0 Å². The fraction of sp³-hybridized carbons (Fsp3) is 0.478. The number of piperazine rings is 1. The fourth-order valence-corrected chi connectivity index (χ4v) is 5.48. The van der Waals surface area contributed by atoms with Crippen molar-refractivity contribution in [2.24, 2.45) is 0 Å². The zero-order valence-corrected chi connectivity index (χ0v) is 20.4. The zero-order chi connectivity index (χ0) is 23.8. The summed E-state index contributed by atoms with van der Waals surface area (Å²) in [5.41, 5.74) is 1.11. The fourth-order valence-electron chi connectivity index (χ4n) is 5.11. The van der Waals surface area contributed by atoms with E-state index in [0.29, 0.717) is 44.9 Å². The highest BCUT2D eigenvalue weighted by Gasteiger charge is 2.35. The molecule has 0 bridgehead atoms. The monoisotopic (exact) mass is 503 g/mol. The third-order valence-electron chi connectivity index (χ3n) is 6.91. The number of aromatic nitrogens is 4. The second-order valence-corrected chi connectivity index (χ2v) is 9.68. The number of nitrogens with zero attached hydrogens (tertiary/aromatic N) is 5. The molecule has 2 aliphatic heterocycles. The van der Waals surface area contributed by atoms with Crippen molar-refractivity contribution in [1.29, 1.82) is 0 Å². The van der Waals surface area contributed by atoms with Crippen LogP contribution in [0.5, 0.6) is 0 Å². The SMILES string of the molecule is CC[C@H]1CN(c2nc3[nH]c(=O)[nH]c3nc2Cl)CCN1C1CCN(C(=O)c2ccc(Cl)cc2)CC1. The average Bonchev–Trinajstić information content (AvgIpc) is 3.22. The first-order valence-electron chi connectivity index (χ1n) is 11.6. The maximum atomic E-state index is 12.9. The molecule has 5 rings (SSSR count). The second-order valence-electron chi connectivity index (χ2n) is 8.89. The van der Waals surface area contributed by atoms with Crippen LogP contribution in [0.2, 0.25) is 10.2 Å². The molecule has 11 heteroatoms. The van der Waals surface area contributed by atoms with Gasteiger partial charge in [0, 0.05) is 55.4 Å². The van der Waals surface area contributed by atoms with E-state index >= 15 is 0 Å².